The summed E-state index contributed by atoms with van der Waals surface area (Å²) in [5, 5.41) is 12.7. The number of nitrogens with one attached hydrogen (secondary N) is 1. The number of hydrogen-bond acceptors (Lipinski definition) is 2. The molecule has 0 heterocycles. The van der Waals surface area contributed by atoms with E-state index in [4.69, 9.17) is 0 Å². The third kappa shape index (κ3) is 2.29. The zero-order valence-corrected chi connectivity index (χ0v) is 12.1. The van der Waals surface area contributed by atoms with Crippen molar-refractivity contribution in [1.29, 1.82) is 0 Å². The van der Waals surface area contributed by atoms with E-state index in [1.807, 2.05) is 13.8 Å². The largest absolute Gasteiger partial charge is 0.393 e. The normalized spacial score (nSPS) is 36.7. The van der Waals surface area contributed by atoms with Crippen molar-refractivity contribution in [3.8, 4) is 0 Å². The summed E-state index contributed by atoms with van der Waals surface area (Å²) in [6.07, 6.45) is 4.41. The van der Waals surface area contributed by atoms with Crippen molar-refractivity contribution >= 4 is 5.91 Å². The molecule has 2 N–H and O–H groups in total. The molecular weight excluding hydrogens is 226 g/mol. The van der Waals surface area contributed by atoms with Gasteiger partial charge in [0.1, 0.15) is 0 Å². The molecule has 0 saturated heterocycles. The first kappa shape index (κ1) is 13.9. The molecule has 2 saturated carbocycles. The fourth-order valence-corrected chi connectivity index (χ4v) is 3.54. The van der Waals surface area contributed by atoms with Gasteiger partial charge in [-0.05, 0) is 38.0 Å². The van der Waals surface area contributed by atoms with Crippen molar-refractivity contribution in [3.63, 3.8) is 0 Å². The van der Waals surface area contributed by atoms with Crippen LogP contribution in [0.25, 0.3) is 0 Å². The maximum Gasteiger partial charge on any atom is 0.226 e. The highest BCUT2D eigenvalue weighted by Crippen LogP contribution is 2.55. The molecule has 2 aliphatic carbocycles. The molecule has 3 nitrogen and oxygen atoms in total. The predicted molar refractivity (Wildman–Crippen MR) is 72.0 cm³/mol. The average molecular weight is 253 g/mol. The van der Waals surface area contributed by atoms with Crippen LogP contribution in [0.1, 0.15) is 53.4 Å². The van der Waals surface area contributed by atoms with E-state index in [0.717, 1.165) is 12.3 Å². The van der Waals surface area contributed by atoms with Gasteiger partial charge >= 0.3 is 0 Å². The molecule has 0 aliphatic heterocycles. The van der Waals surface area contributed by atoms with E-state index in [0.29, 0.717) is 12.5 Å². The van der Waals surface area contributed by atoms with Gasteiger partial charge in [0.25, 0.3) is 0 Å². The topological polar surface area (TPSA) is 49.3 Å². The van der Waals surface area contributed by atoms with Crippen LogP contribution in [0.3, 0.4) is 0 Å². The maximum atomic E-state index is 12.4. The molecule has 0 aromatic heterocycles. The Labute approximate surface area is 110 Å². The van der Waals surface area contributed by atoms with Crippen LogP contribution < -0.4 is 5.32 Å². The molecule has 0 spiro atoms. The van der Waals surface area contributed by atoms with E-state index in [-0.39, 0.29) is 16.7 Å². The van der Waals surface area contributed by atoms with Crippen LogP contribution in [0.4, 0.5) is 0 Å². The summed E-state index contributed by atoms with van der Waals surface area (Å²) in [7, 11) is 0. The molecule has 4 unspecified atom stereocenters. The zero-order chi connectivity index (χ0) is 13.6. The number of hydrogen-bond donors (Lipinski definition) is 2. The SMILES string of the molecule is CC(O)C(C)(C)CNC(=O)C1(C)CC2CCC1C2. The Hall–Kier alpha value is -0.570. The van der Waals surface area contributed by atoms with Crippen molar-refractivity contribution in [1.82, 2.24) is 5.32 Å². The highest BCUT2D eigenvalue weighted by molar-refractivity contribution is 5.83. The van der Waals surface area contributed by atoms with Crippen LogP contribution in [0.5, 0.6) is 0 Å². The molecule has 1 amide bonds. The van der Waals surface area contributed by atoms with Crippen LogP contribution >= 0.6 is 0 Å². The molecule has 3 heteroatoms. The Kier molecular flexibility index (Phi) is 3.48. The van der Waals surface area contributed by atoms with Gasteiger partial charge in [0.15, 0.2) is 0 Å². The maximum absolute atomic E-state index is 12.4. The molecule has 0 radical (unpaired) electrons. The van der Waals surface area contributed by atoms with Gasteiger partial charge in [0.05, 0.1) is 6.10 Å². The van der Waals surface area contributed by atoms with E-state index in [2.05, 4.69) is 12.2 Å². The number of aliphatic hydroxyl groups excluding tert-OH is 1. The highest BCUT2D eigenvalue weighted by atomic mass is 16.3. The van der Waals surface area contributed by atoms with Gasteiger partial charge in [-0.3, -0.25) is 4.79 Å². The lowest BCUT2D eigenvalue weighted by Crippen LogP contribution is -2.47. The van der Waals surface area contributed by atoms with Gasteiger partial charge in [0.2, 0.25) is 5.91 Å². The van der Waals surface area contributed by atoms with Crippen LogP contribution in [0.15, 0.2) is 0 Å². The number of carbonyl (C=O) groups is 1. The standard InChI is InChI=1S/C15H27NO2/c1-10(17)14(2,3)9-16-13(18)15(4)8-11-5-6-12(15)7-11/h10-12,17H,5-9H2,1-4H3,(H,16,18). The van der Waals surface area contributed by atoms with Crippen molar-refractivity contribution in [2.24, 2.45) is 22.7 Å². The summed E-state index contributed by atoms with van der Waals surface area (Å²) in [5.41, 5.74) is -0.415. The lowest BCUT2D eigenvalue weighted by Gasteiger charge is -2.35. The lowest BCUT2D eigenvalue weighted by atomic mass is 9.74. The first-order chi connectivity index (χ1) is 8.25. The van der Waals surface area contributed by atoms with Gasteiger partial charge in [0, 0.05) is 17.4 Å². The Bertz CT molecular complexity index is 337. The lowest BCUT2D eigenvalue weighted by molar-refractivity contribution is -0.133. The van der Waals surface area contributed by atoms with Crippen molar-refractivity contribution in [2.45, 2.75) is 59.5 Å². The van der Waals surface area contributed by atoms with Gasteiger partial charge in [-0.1, -0.05) is 27.2 Å². The van der Waals surface area contributed by atoms with Crippen LogP contribution in [0, 0.1) is 22.7 Å². The Morgan fingerprint density at radius 3 is 2.61 bits per heavy atom. The number of rotatable bonds is 4. The van der Waals surface area contributed by atoms with Crippen molar-refractivity contribution in [2.75, 3.05) is 6.54 Å². The second-order valence-corrected chi connectivity index (χ2v) is 7.34. The summed E-state index contributed by atoms with van der Waals surface area (Å²) in [6, 6.07) is 0. The predicted octanol–water partition coefficient (Wildman–Crippen LogP) is 2.34. The second kappa shape index (κ2) is 4.52. The summed E-state index contributed by atoms with van der Waals surface area (Å²) in [6.45, 7) is 8.44. The number of aliphatic hydroxyl groups is 1. The van der Waals surface area contributed by atoms with E-state index in [9.17, 15) is 9.90 Å². The minimum atomic E-state index is -0.411. The summed E-state index contributed by atoms with van der Waals surface area (Å²) >= 11 is 0. The summed E-state index contributed by atoms with van der Waals surface area (Å²) in [4.78, 5) is 12.4. The molecular formula is C15H27NO2. The smallest absolute Gasteiger partial charge is 0.226 e. The van der Waals surface area contributed by atoms with Gasteiger partial charge in [-0.15, -0.1) is 0 Å². The molecule has 2 fully saturated rings. The first-order valence-corrected chi connectivity index (χ1v) is 7.22. The summed E-state index contributed by atoms with van der Waals surface area (Å²) in [5.74, 6) is 1.55. The van der Waals surface area contributed by atoms with Crippen LogP contribution in [-0.2, 0) is 4.79 Å². The molecule has 2 bridgehead atoms. The fraction of sp³-hybridized carbons (Fsp3) is 0.933. The number of carbonyl (C=O) groups excluding carboxylic acids is 1. The van der Waals surface area contributed by atoms with Crippen molar-refractivity contribution < 1.29 is 9.90 Å². The average Bonchev–Trinajstić information content (AvgIpc) is 2.85. The van der Waals surface area contributed by atoms with Gasteiger partial charge in [-0.2, -0.15) is 0 Å². The molecule has 18 heavy (non-hydrogen) atoms. The zero-order valence-electron chi connectivity index (χ0n) is 12.1. The Morgan fingerprint density at radius 1 is 1.50 bits per heavy atom. The molecule has 0 aromatic carbocycles. The van der Waals surface area contributed by atoms with Gasteiger partial charge in [-0.25, -0.2) is 0 Å². The van der Waals surface area contributed by atoms with E-state index in [1.165, 1.54) is 19.3 Å². The molecule has 2 aliphatic rings. The van der Waals surface area contributed by atoms with Gasteiger partial charge < -0.3 is 10.4 Å². The second-order valence-electron chi connectivity index (χ2n) is 7.34. The third-order valence-electron chi connectivity index (χ3n) is 5.51. The molecule has 0 aromatic rings. The molecule has 4 atom stereocenters. The Balaban J connectivity index is 1.93. The van der Waals surface area contributed by atoms with Crippen LogP contribution in [-0.4, -0.2) is 23.7 Å². The highest BCUT2D eigenvalue weighted by Gasteiger charge is 2.52. The minimum Gasteiger partial charge on any atom is -0.393 e. The first-order valence-electron chi connectivity index (χ1n) is 7.22. The monoisotopic (exact) mass is 253 g/mol. The molecule has 2 rings (SSSR count). The number of amides is 1. The van der Waals surface area contributed by atoms with Crippen LogP contribution in [0.2, 0.25) is 0 Å². The molecule has 104 valence electrons. The minimum absolute atomic E-state index is 0.155. The Morgan fingerprint density at radius 2 is 2.17 bits per heavy atom. The van der Waals surface area contributed by atoms with Crippen molar-refractivity contribution in [3.05, 3.63) is 0 Å². The van der Waals surface area contributed by atoms with E-state index in [1.54, 1.807) is 6.92 Å². The number of fused-ring (bicyclic) bond motifs is 2. The third-order valence-corrected chi connectivity index (χ3v) is 5.51. The fourth-order valence-electron chi connectivity index (χ4n) is 3.54. The van der Waals surface area contributed by atoms with E-state index >= 15 is 0 Å². The summed E-state index contributed by atoms with van der Waals surface area (Å²) < 4.78 is 0. The quantitative estimate of drug-likeness (QED) is 0.808. The van der Waals surface area contributed by atoms with E-state index < -0.39 is 6.10 Å².